The molecular formula is C5H7N2OP. The minimum atomic E-state index is -0.282. The molecule has 48 valence electrons. The van der Waals surface area contributed by atoms with E-state index in [4.69, 9.17) is 0 Å². The van der Waals surface area contributed by atoms with Crippen molar-refractivity contribution in [2.45, 2.75) is 6.16 Å². The van der Waals surface area contributed by atoms with Gasteiger partial charge in [0.05, 0.1) is 0 Å². The van der Waals surface area contributed by atoms with Crippen LogP contribution in [0.4, 0.5) is 0 Å². The molecule has 0 spiro atoms. The van der Waals surface area contributed by atoms with Crippen molar-refractivity contribution >= 4 is 9.24 Å². The predicted molar refractivity (Wildman–Crippen MR) is 38.3 cm³/mol. The van der Waals surface area contributed by atoms with Gasteiger partial charge in [-0.15, -0.1) is 9.24 Å². The lowest BCUT2D eigenvalue weighted by molar-refractivity contribution is 1.02. The third kappa shape index (κ3) is 1.61. The number of aromatic nitrogens is 2. The van der Waals surface area contributed by atoms with Crippen molar-refractivity contribution in [1.29, 1.82) is 0 Å². The summed E-state index contributed by atoms with van der Waals surface area (Å²) >= 11 is 0. The lowest BCUT2D eigenvalue weighted by Crippen LogP contribution is -2.10. The van der Waals surface area contributed by atoms with Gasteiger partial charge in [-0.2, -0.15) is 0 Å². The van der Waals surface area contributed by atoms with E-state index in [1.807, 2.05) is 0 Å². The molecule has 9 heavy (non-hydrogen) atoms. The highest BCUT2D eigenvalue weighted by molar-refractivity contribution is 7.15. The number of rotatable bonds is 1. The molecule has 1 aromatic rings. The van der Waals surface area contributed by atoms with E-state index in [0.29, 0.717) is 0 Å². The Kier molecular flexibility index (Phi) is 1.96. The standard InChI is InChI=1S/C5H7N2OP/c8-5-6-2-1-4(3-9)7-5/h1-2H,3,9H2,(H,6,7,8). The molecule has 0 fully saturated rings. The Labute approximate surface area is 54.7 Å². The largest absolute Gasteiger partial charge is 0.345 e. The van der Waals surface area contributed by atoms with Gasteiger partial charge in [-0.25, -0.2) is 9.78 Å². The molecular weight excluding hydrogens is 135 g/mol. The Morgan fingerprint density at radius 1 is 1.78 bits per heavy atom. The normalized spacial score (nSPS) is 9.44. The van der Waals surface area contributed by atoms with Gasteiger partial charge in [0.1, 0.15) is 0 Å². The van der Waals surface area contributed by atoms with Gasteiger partial charge < -0.3 is 4.98 Å². The first-order chi connectivity index (χ1) is 4.33. The average molecular weight is 142 g/mol. The maximum Gasteiger partial charge on any atom is 0.345 e. The quantitative estimate of drug-likeness (QED) is 0.567. The number of nitrogens with one attached hydrogen (secondary N) is 1. The Morgan fingerprint density at radius 3 is 3.00 bits per heavy atom. The van der Waals surface area contributed by atoms with Crippen molar-refractivity contribution in [2.24, 2.45) is 0 Å². The van der Waals surface area contributed by atoms with E-state index in [1.54, 1.807) is 6.07 Å². The van der Waals surface area contributed by atoms with E-state index in [9.17, 15) is 4.79 Å². The molecule has 1 aromatic heterocycles. The summed E-state index contributed by atoms with van der Waals surface area (Å²) in [5.41, 5.74) is 0.606. The van der Waals surface area contributed by atoms with Gasteiger partial charge in [0, 0.05) is 18.1 Å². The molecule has 1 heterocycles. The van der Waals surface area contributed by atoms with Gasteiger partial charge >= 0.3 is 5.69 Å². The molecule has 0 amide bonds. The van der Waals surface area contributed by atoms with E-state index < -0.39 is 0 Å². The fraction of sp³-hybridized carbons (Fsp3) is 0.200. The van der Waals surface area contributed by atoms with Crippen LogP contribution in [0.3, 0.4) is 0 Å². The minimum Gasteiger partial charge on any atom is -0.309 e. The van der Waals surface area contributed by atoms with Crippen LogP contribution < -0.4 is 5.69 Å². The van der Waals surface area contributed by atoms with Crippen LogP contribution in [0.25, 0.3) is 0 Å². The van der Waals surface area contributed by atoms with Crippen molar-refractivity contribution in [3.8, 4) is 0 Å². The lowest BCUT2D eigenvalue weighted by Gasteiger charge is -1.90. The Balaban J connectivity index is 3.08. The van der Waals surface area contributed by atoms with E-state index in [-0.39, 0.29) is 5.69 Å². The molecule has 0 bridgehead atoms. The second kappa shape index (κ2) is 2.74. The van der Waals surface area contributed by atoms with E-state index in [2.05, 4.69) is 19.2 Å². The summed E-state index contributed by atoms with van der Waals surface area (Å²) in [5, 5.41) is 0. The van der Waals surface area contributed by atoms with Gasteiger partial charge in [0.25, 0.3) is 0 Å². The van der Waals surface area contributed by atoms with Gasteiger partial charge in [-0.1, -0.05) is 0 Å². The van der Waals surface area contributed by atoms with E-state index in [1.165, 1.54) is 6.20 Å². The van der Waals surface area contributed by atoms with Crippen LogP contribution in [0.2, 0.25) is 0 Å². The first-order valence-corrected chi connectivity index (χ1v) is 3.39. The topological polar surface area (TPSA) is 45.8 Å². The zero-order valence-corrected chi connectivity index (χ0v) is 5.95. The van der Waals surface area contributed by atoms with Crippen LogP contribution in [0, 0.1) is 0 Å². The molecule has 1 unspecified atom stereocenters. The summed E-state index contributed by atoms with van der Waals surface area (Å²) in [5.74, 6) is 0. The smallest absolute Gasteiger partial charge is 0.309 e. The maximum atomic E-state index is 10.5. The van der Waals surface area contributed by atoms with Crippen LogP contribution in [-0.2, 0) is 6.16 Å². The molecule has 1 N–H and O–H groups in total. The van der Waals surface area contributed by atoms with Gasteiger partial charge in [0.15, 0.2) is 0 Å². The summed E-state index contributed by atoms with van der Waals surface area (Å²) in [6.45, 7) is 0. The van der Waals surface area contributed by atoms with Crippen molar-refractivity contribution < 1.29 is 0 Å². The second-order valence-corrected chi connectivity index (χ2v) is 2.01. The number of nitrogens with zero attached hydrogens (tertiary/aromatic N) is 1. The average Bonchev–Trinajstić information content (AvgIpc) is 1.88. The molecule has 1 rings (SSSR count). The zero-order chi connectivity index (χ0) is 6.69. The molecule has 1 atom stereocenters. The second-order valence-electron chi connectivity index (χ2n) is 1.60. The summed E-state index contributed by atoms with van der Waals surface area (Å²) in [7, 11) is 2.52. The molecule has 0 radical (unpaired) electrons. The van der Waals surface area contributed by atoms with Crippen molar-refractivity contribution in [3.05, 3.63) is 28.4 Å². The highest BCUT2D eigenvalue weighted by Crippen LogP contribution is 1.95. The molecule has 0 saturated heterocycles. The molecule has 0 aliphatic carbocycles. The van der Waals surface area contributed by atoms with Gasteiger partial charge in [-0.3, -0.25) is 0 Å². The predicted octanol–water partition coefficient (Wildman–Crippen LogP) is 0.145. The summed E-state index contributed by atoms with van der Waals surface area (Å²) in [6, 6.07) is 1.77. The highest BCUT2D eigenvalue weighted by Gasteiger charge is 1.86. The fourth-order valence-corrected chi connectivity index (χ4v) is 0.763. The number of hydrogen-bond acceptors (Lipinski definition) is 2. The molecule has 4 heteroatoms. The van der Waals surface area contributed by atoms with Crippen LogP contribution in [-0.4, -0.2) is 9.97 Å². The highest BCUT2D eigenvalue weighted by atomic mass is 31.0. The third-order valence-electron chi connectivity index (χ3n) is 0.955. The van der Waals surface area contributed by atoms with Crippen LogP contribution in [0.1, 0.15) is 5.69 Å². The molecule has 0 saturated carbocycles. The van der Waals surface area contributed by atoms with E-state index >= 15 is 0 Å². The fourth-order valence-electron chi connectivity index (χ4n) is 0.525. The zero-order valence-electron chi connectivity index (χ0n) is 4.79. The Morgan fingerprint density at radius 2 is 2.56 bits per heavy atom. The SMILES string of the molecule is O=c1nccc(CP)[nH]1. The summed E-state index contributed by atoms with van der Waals surface area (Å²) in [4.78, 5) is 16.5. The monoisotopic (exact) mass is 142 g/mol. The summed E-state index contributed by atoms with van der Waals surface area (Å²) < 4.78 is 0. The molecule has 0 aliphatic heterocycles. The molecule has 0 aliphatic rings. The maximum absolute atomic E-state index is 10.5. The van der Waals surface area contributed by atoms with Crippen LogP contribution in [0.5, 0.6) is 0 Å². The van der Waals surface area contributed by atoms with Gasteiger partial charge in [-0.05, 0) is 6.07 Å². The Hall–Kier alpha value is -0.690. The van der Waals surface area contributed by atoms with Crippen LogP contribution >= 0.6 is 9.24 Å². The number of aromatic amines is 1. The number of H-pyrrole nitrogens is 1. The van der Waals surface area contributed by atoms with Crippen molar-refractivity contribution in [3.63, 3.8) is 0 Å². The van der Waals surface area contributed by atoms with Crippen LogP contribution in [0.15, 0.2) is 17.1 Å². The lowest BCUT2D eigenvalue weighted by atomic mass is 10.5. The Bertz CT molecular complexity index is 245. The minimum absolute atomic E-state index is 0.282. The number of hydrogen-bond donors (Lipinski definition) is 1. The molecule has 0 aromatic carbocycles. The van der Waals surface area contributed by atoms with E-state index in [0.717, 1.165) is 11.9 Å². The van der Waals surface area contributed by atoms with Crippen molar-refractivity contribution in [2.75, 3.05) is 0 Å². The van der Waals surface area contributed by atoms with Crippen molar-refractivity contribution in [1.82, 2.24) is 9.97 Å². The first kappa shape index (κ1) is 6.43. The first-order valence-electron chi connectivity index (χ1n) is 2.57. The summed E-state index contributed by atoms with van der Waals surface area (Å²) in [6.07, 6.45) is 2.26. The van der Waals surface area contributed by atoms with Gasteiger partial charge in [0.2, 0.25) is 0 Å². The third-order valence-corrected chi connectivity index (χ3v) is 1.39. The molecule has 3 nitrogen and oxygen atoms in total.